The van der Waals surface area contributed by atoms with Crippen molar-refractivity contribution in [1.82, 2.24) is 15.2 Å². The minimum absolute atomic E-state index is 0.124. The number of piperidine rings is 1. The predicted octanol–water partition coefficient (Wildman–Crippen LogP) is 7.10. The van der Waals surface area contributed by atoms with Gasteiger partial charge >= 0.3 is 6.18 Å². The molecule has 3 aromatic rings. The Balaban J connectivity index is 1.23. The molecule has 0 spiro atoms. The molecule has 36 heavy (non-hydrogen) atoms. The minimum atomic E-state index is -4.39. The zero-order valence-electron chi connectivity index (χ0n) is 20.0. The third kappa shape index (κ3) is 6.29. The fourth-order valence-electron chi connectivity index (χ4n) is 4.16. The summed E-state index contributed by atoms with van der Waals surface area (Å²) in [7, 11) is 0. The molecule has 0 aliphatic carbocycles. The Morgan fingerprint density at radius 1 is 1.08 bits per heavy atom. The van der Waals surface area contributed by atoms with Crippen LogP contribution in [0.2, 0.25) is 0 Å². The number of halogens is 5. The van der Waals surface area contributed by atoms with Gasteiger partial charge in [-0.05, 0) is 43.7 Å². The van der Waals surface area contributed by atoms with Gasteiger partial charge in [-0.1, -0.05) is 25.2 Å². The standard InChI is InChI=1S/C25H27F5N4OS/c1-15(2)23-32-33-24(36-23)22-19(26)12-18(13-20(22)27)35-11-3-4-16-7-9-34(10-8-16)21-6-5-17(14-31-21)25(28,29)30/h5-6,12-16H,3-4,7-11H2,1-2H3. The molecule has 3 heterocycles. The summed E-state index contributed by atoms with van der Waals surface area (Å²) >= 11 is 1.17. The van der Waals surface area contributed by atoms with Gasteiger partial charge in [0.2, 0.25) is 0 Å². The van der Waals surface area contributed by atoms with Crippen LogP contribution in [0, 0.1) is 17.6 Å². The van der Waals surface area contributed by atoms with Crippen LogP contribution in [0.15, 0.2) is 30.5 Å². The van der Waals surface area contributed by atoms with Gasteiger partial charge in [-0.2, -0.15) is 13.2 Å². The van der Waals surface area contributed by atoms with Gasteiger partial charge in [0, 0.05) is 37.3 Å². The number of anilines is 1. The van der Waals surface area contributed by atoms with Crippen molar-refractivity contribution in [2.24, 2.45) is 5.92 Å². The second kappa shape index (κ2) is 11.1. The first-order valence-electron chi connectivity index (χ1n) is 11.9. The molecule has 2 aromatic heterocycles. The van der Waals surface area contributed by atoms with Gasteiger partial charge in [0.1, 0.15) is 28.2 Å². The normalized spacial score (nSPS) is 15.1. The van der Waals surface area contributed by atoms with E-state index >= 15 is 0 Å². The zero-order chi connectivity index (χ0) is 25.9. The number of nitrogens with zero attached hydrogens (tertiary/aromatic N) is 4. The van der Waals surface area contributed by atoms with E-state index in [4.69, 9.17) is 4.74 Å². The average molecular weight is 527 g/mol. The third-order valence-electron chi connectivity index (χ3n) is 6.20. The SMILES string of the molecule is CC(C)c1nnc(-c2c(F)cc(OCCCC3CCN(c4ccc(C(F)(F)F)cn4)CC3)cc2F)s1. The van der Waals surface area contributed by atoms with Crippen LogP contribution in [0.3, 0.4) is 0 Å². The van der Waals surface area contributed by atoms with Crippen molar-refractivity contribution in [2.45, 2.75) is 51.6 Å². The number of pyridine rings is 1. The molecule has 0 amide bonds. The van der Waals surface area contributed by atoms with Gasteiger partial charge in [-0.3, -0.25) is 0 Å². The van der Waals surface area contributed by atoms with Crippen molar-refractivity contribution < 1.29 is 26.7 Å². The highest BCUT2D eigenvalue weighted by molar-refractivity contribution is 7.14. The molecule has 0 radical (unpaired) electrons. The maximum atomic E-state index is 14.6. The number of hydrogen-bond donors (Lipinski definition) is 0. The highest BCUT2D eigenvalue weighted by Gasteiger charge is 2.31. The molecule has 5 nitrogen and oxygen atoms in total. The topological polar surface area (TPSA) is 51.1 Å². The number of benzene rings is 1. The Bertz CT molecular complexity index is 1130. The maximum Gasteiger partial charge on any atom is 0.417 e. The van der Waals surface area contributed by atoms with Crippen LogP contribution >= 0.6 is 11.3 Å². The Labute approximate surface area is 210 Å². The first kappa shape index (κ1) is 26.2. The summed E-state index contributed by atoms with van der Waals surface area (Å²) < 4.78 is 73.0. The molecular weight excluding hydrogens is 499 g/mol. The predicted molar refractivity (Wildman–Crippen MR) is 128 cm³/mol. The highest BCUT2D eigenvalue weighted by Crippen LogP contribution is 2.34. The second-order valence-electron chi connectivity index (χ2n) is 9.19. The highest BCUT2D eigenvalue weighted by atomic mass is 32.1. The molecule has 0 saturated carbocycles. The summed E-state index contributed by atoms with van der Waals surface area (Å²) in [6.45, 7) is 5.63. The molecule has 0 unspecified atom stereocenters. The van der Waals surface area contributed by atoms with Gasteiger partial charge in [0.25, 0.3) is 0 Å². The summed E-state index contributed by atoms with van der Waals surface area (Å²) in [4.78, 5) is 5.96. The van der Waals surface area contributed by atoms with Gasteiger partial charge in [-0.15, -0.1) is 10.2 Å². The Morgan fingerprint density at radius 3 is 2.33 bits per heavy atom. The first-order valence-corrected chi connectivity index (χ1v) is 12.7. The van der Waals surface area contributed by atoms with Crippen molar-refractivity contribution >= 4 is 17.2 Å². The van der Waals surface area contributed by atoms with Crippen LogP contribution in [0.25, 0.3) is 10.6 Å². The number of aromatic nitrogens is 3. The molecular formula is C25H27F5N4OS. The molecule has 1 aliphatic rings. The molecule has 194 valence electrons. The lowest BCUT2D eigenvalue weighted by atomic mass is 9.92. The van der Waals surface area contributed by atoms with Gasteiger partial charge < -0.3 is 9.64 Å². The van der Waals surface area contributed by atoms with Crippen molar-refractivity contribution in [2.75, 3.05) is 24.6 Å². The molecule has 0 atom stereocenters. The molecule has 0 N–H and O–H groups in total. The summed E-state index contributed by atoms with van der Waals surface area (Å²) in [5, 5.41) is 8.83. The number of ether oxygens (including phenoxy) is 1. The lowest BCUT2D eigenvalue weighted by molar-refractivity contribution is -0.137. The van der Waals surface area contributed by atoms with E-state index in [1.165, 1.54) is 29.5 Å². The molecule has 1 aliphatic heterocycles. The van der Waals surface area contributed by atoms with E-state index in [-0.39, 0.29) is 22.2 Å². The van der Waals surface area contributed by atoms with E-state index in [1.807, 2.05) is 18.7 Å². The van der Waals surface area contributed by atoms with E-state index in [2.05, 4.69) is 15.2 Å². The summed E-state index contributed by atoms with van der Waals surface area (Å²) in [5.74, 6) is -0.223. The van der Waals surface area contributed by atoms with Crippen LogP contribution in [0.1, 0.15) is 56.0 Å². The minimum Gasteiger partial charge on any atom is -0.493 e. The maximum absolute atomic E-state index is 14.6. The molecule has 1 fully saturated rings. The molecule has 11 heteroatoms. The van der Waals surface area contributed by atoms with Crippen molar-refractivity contribution in [3.05, 3.63) is 52.7 Å². The van der Waals surface area contributed by atoms with Crippen LogP contribution in [-0.4, -0.2) is 34.9 Å². The smallest absolute Gasteiger partial charge is 0.417 e. The van der Waals surface area contributed by atoms with Crippen LogP contribution < -0.4 is 9.64 Å². The molecule has 1 aromatic carbocycles. The van der Waals surface area contributed by atoms with Gasteiger partial charge in [0.15, 0.2) is 5.01 Å². The molecule has 4 rings (SSSR count). The lowest BCUT2D eigenvalue weighted by Gasteiger charge is -2.33. The summed E-state index contributed by atoms with van der Waals surface area (Å²) in [5.41, 5.74) is -0.947. The average Bonchev–Trinajstić information content (AvgIpc) is 3.31. The van der Waals surface area contributed by atoms with Crippen molar-refractivity contribution in [1.29, 1.82) is 0 Å². The van der Waals surface area contributed by atoms with E-state index in [0.717, 1.165) is 37.9 Å². The van der Waals surface area contributed by atoms with Crippen molar-refractivity contribution in [3.63, 3.8) is 0 Å². The molecule has 1 saturated heterocycles. The first-order chi connectivity index (χ1) is 17.1. The van der Waals surface area contributed by atoms with E-state index in [1.54, 1.807) is 0 Å². The quantitative estimate of drug-likeness (QED) is 0.232. The monoisotopic (exact) mass is 526 g/mol. The van der Waals surface area contributed by atoms with Crippen molar-refractivity contribution in [3.8, 4) is 16.3 Å². The lowest BCUT2D eigenvalue weighted by Crippen LogP contribution is -2.34. The zero-order valence-corrected chi connectivity index (χ0v) is 20.8. The Hall–Kier alpha value is -2.82. The third-order valence-corrected chi connectivity index (χ3v) is 7.44. The van der Waals surface area contributed by atoms with Crippen LogP contribution in [-0.2, 0) is 6.18 Å². The largest absolute Gasteiger partial charge is 0.493 e. The van der Waals surface area contributed by atoms with E-state index in [9.17, 15) is 22.0 Å². The van der Waals surface area contributed by atoms with E-state index < -0.39 is 23.4 Å². The Morgan fingerprint density at radius 2 is 1.78 bits per heavy atom. The molecule has 0 bridgehead atoms. The van der Waals surface area contributed by atoms with Crippen LogP contribution in [0.4, 0.5) is 27.8 Å². The summed E-state index contributed by atoms with van der Waals surface area (Å²) in [6.07, 6.45) is -0.131. The second-order valence-corrected chi connectivity index (χ2v) is 10.2. The summed E-state index contributed by atoms with van der Waals surface area (Å²) in [6, 6.07) is 4.81. The van der Waals surface area contributed by atoms with Gasteiger partial charge in [-0.25, -0.2) is 13.8 Å². The number of hydrogen-bond acceptors (Lipinski definition) is 6. The number of alkyl halides is 3. The Kier molecular flexibility index (Phi) is 8.07. The van der Waals surface area contributed by atoms with Gasteiger partial charge in [0.05, 0.1) is 17.7 Å². The van der Waals surface area contributed by atoms with E-state index in [0.29, 0.717) is 36.4 Å². The number of rotatable bonds is 8. The fraction of sp³-hybridized carbons (Fsp3) is 0.480. The fourth-order valence-corrected chi connectivity index (χ4v) is 5.05. The van der Waals surface area contributed by atoms with Crippen LogP contribution in [0.5, 0.6) is 5.75 Å².